The summed E-state index contributed by atoms with van der Waals surface area (Å²) in [6.07, 6.45) is -2.55. The molecule has 2 aromatic carbocycles. The molecule has 168 valence electrons. The van der Waals surface area contributed by atoms with Gasteiger partial charge in [0.25, 0.3) is 5.91 Å². The number of rotatable bonds is 3. The van der Waals surface area contributed by atoms with Gasteiger partial charge < -0.3 is 19.4 Å². The average Bonchev–Trinajstić information content (AvgIpc) is 3.30. The SMILES string of the molecule is Cn1c(=O)c(=O)n(C)c2cc(N3CCCC3)c(NC(=O)c3ccc(C(F)(F)F)cc3)cc21. The van der Waals surface area contributed by atoms with Crippen molar-refractivity contribution in [3.63, 3.8) is 0 Å². The molecule has 1 amide bonds. The molecule has 32 heavy (non-hydrogen) atoms. The molecule has 0 radical (unpaired) electrons. The summed E-state index contributed by atoms with van der Waals surface area (Å²) >= 11 is 0. The maximum Gasteiger partial charge on any atom is 0.416 e. The van der Waals surface area contributed by atoms with Crippen LogP contribution in [0.15, 0.2) is 46.0 Å². The summed E-state index contributed by atoms with van der Waals surface area (Å²) in [5, 5.41) is 2.77. The fraction of sp³-hybridized carbons (Fsp3) is 0.318. The van der Waals surface area contributed by atoms with Crippen LogP contribution in [-0.4, -0.2) is 28.1 Å². The van der Waals surface area contributed by atoms with Gasteiger partial charge in [-0.15, -0.1) is 0 Å². The molecule has 1 saturated heterocycles. The standard InChI is InChI=1S/C22H21F3N4O3/c1-27-17-11-15(26-19(30)13-5-7-14(8-6-13)22(23,24)25)16(29-9-3-4-10-29)12-18(17)28(2)21(32)20(27)31/h5-8,11-12H,3-4,9-10H2,1-2H3,(H,26,30). The Kier molecular flexibility index (Phi) is 5.31. The first kappa shape index (κ1) is 21.7. The van der Waals surface area contributed by atoms with Crippen molar-refractivity contribution in [3.05, 3.63) is 68.2 Å². The van der Waals surface area contributed by atoms with Gasteiger partial charge in [-0.1, -0.05) is 0 Å². The number of aromatic nitrogens is 2. The summed E-state index contributed by atoms with van der Waals surface area (Å²) in [6.45, 7) is 1.52. The maximum atomic E-state index is 12.8. The van der Waals surface area contributed by atoms with Gasteiger partial charge in [0.15, 0.2) is 0 Å². The summed E-state index contributed by atoms with van der Waals surface area (Å²) in [5.41, 5.74) is -0.0488. The zero-order chi connectivity index (χ0) is 23.2. The van der Waals surface area contributed by atoms with Crippen LogP contribution < -0.4 is 21.3 Å². The van der Waals surface area contributed by atoms with Crippen molar-refractivity contribution in [3.8, 4) is 0 Å². The molecule has 3 aromatic rings. The van der Waals surface area contributed by atoms with Gasteiger partial charge in [-0.25, -0.2) is 0 Å². The number of carbonyl (C=O) groups excluding carboxylic acids is 1. The summed E-state index contributed by atoms with van der Waals surface area (Å²) in [5.74, 6) is -0.576. The predicted molar refractivity (Wildman–Crippen MR) is 115 cm³/mol. The number of amides is 1. The highest BCUT2D eigenvalue weighted by molar-refractivity contribution is 6.07. The number of hydrogen-bond acceptors (Lipinski definition) is 4. The van der Waals surface area contributed by atoms with Crippen LogP contribution in [0.1, 0.15) is 28.8 Å². The van der Waals surface area contributed by atoms with Crippen LogP contribution in [-0.2, 0) is 20.3 Å². The Balaban J connectivity index is 1.80. The molecule has 0 atom stereocenters. The van der Waals surface area contributed by atoms with E-state index in [2.05, 4.69) is 10.2 Å². The number of anilines is 2. The van der Waals surface area contributed by atoms with Crippen molar-refractivity contribution in [2.75, 3.05) is 23.3 Å². The Morgan fingerprint density at radius 3 is 1.97 bits per heavy atom. The number of hydrogen-bond donors (Lipinski definition) is 1. The minimum Gasteiger partial charge on any atom is -0.370 e. The Bertz CT molecular complexity index is 1320. The fourth-order valence-corrected chi connectivity index (χ4v) is 3.93. The number of fused-ring (bicyclic) bond motifs is 1. The third-order valence-electron chi connectivity index (χ3n) is 5.78. The van der Waals surface area contributed by atoms with E-state index in [1.807, 2.05) is 0 Å². The Hall–Kier alpha value is -3.56. The Morgan fingerprint density at radius 2 is 1.44 bits per heavy atom. The second-order valence-corrected chi connectivity index (χ2v) is 7.81. The van der Waals surface area contributed by atoms with Crippen molar-refractivity contribution in [2.45, 2.75) is 19.0 Å². The third-order valence-corrected chi connectivity index (χ3v) is 5.78. The molecular formula is C22H21F3N4O3. The molecule has 0 unspecified atom stereocenters. The minimum atomic E-state index is -4.49. The van der Waals surface area contributed by atoms with E-state index in [0.29, 0.717) is 22.4 Å². The number of carbonyl (C=O) groups is 1. The number of nitrogens with zero attached hydrogens (tertiary/aromatic N) is 3. The Labute approximate surface area is 180 Å². The molecule has 10 heteroatoms. The van der Waals surface area contributed by atoms with Crippen LogP contribution in [0.2, 0.25) is 0 Å². The van der Waals surface area contributed by atoms with Crippen molar-refractivity contribution < 1.29 is 18.0 Å². The number of alkyl halides is 3. The lowest BCUT2D eigenvalue weighted by Crippen LogP contribution is -2.39. The van der Waals surface area contributed by atoms with E-state index < -0.39 is 28.8 Å². The topological polar surface area (TPSA) is 76.3 Å². The quantitative estimate of drug-likeness (QED) is 0.628. The van der Waals surface area contributed by atoms with E-state index in [-0.39, 0.29) is 5.56 Å². The summed E-state index contributed by atoms with van der Waals surface area (Å²) in [6, 6.07) is 7.32. The highest BCUT2D eigenvalue weighted by atomic mass is 19.4. The average molecular weight is 446 g/mol. The van der Waals surface area contributed by atoms with Gasteiger partial charge >= 0.3 is 17.3 Å². The molecule has 4 rings (SSSR count). The van der Waals surface area contributed by atoms with Crippen LogP contribution in [0.5, 0.6) is 0 Å². The largest absolute Gasteiger partial charge is 0.416 e. The normalized spacial score (nSPS) is 14.2. The lowest BCUT2D eigenvalue weighted by molar-refractivity contribution is -0.137. The molecule has 2 heterocycles. The lowest BCUT2D eigenvalue weighted by Gasteiger charge is -2.23. The van der Waals surface area contributed by atoms with Crippen LogP contribution in [0, 0.1) is 0 Å². The molecule has 7 nitrogen and oxygen atoms in total. The van der Waals surface area contributed by atoms with Crippen LogP contribution in [0.3, 0.4) is 0 Å². The second kappa shape index (κ2) is 7.85. The van der Waals surface area contributed by atoms with Crippen molar-refractivity contribution in [2.24, 2.45) is 14.1 Å². The van der Waals surface area contributed by atoms with Gasteiger partial charge in [0.2, 0.25) is 0 Å². The molecule has 0 saturated carbocycles. The molecule has 1 aromatic heterocycles. The molecule has 1 fully saturated rings. The molecule has 1 aliphatic heterocycles. The summed E-state index contributed by atoms with van der Waals surface area (Å²) in [4.78, 5) is 39.4. The lowest BCUT2D eigenvalue weighted by atomic mass is 10.1. The van der Waals surface area contributed by atoms with E-state index in [0.717, 1.165) is 50.2 Å². The van der Waals surface area contributed by atoms with Crippen LogP contribution in [0.25, 0.3) is 11.0 Å². The summed E-state index contributed by atoms with van der Waals surface area (Å²) < 4.78 is 40.9. The zero-order valence-corrected chi connectivity index (χ0v) is 17.5. The van der Waals surface area contributed by atoms with Gasteiger partial charge in [-0.05, 0) is 49.2 Å². The molecule has 0 bridgehead atoms. The number of benzene rings is 2. The summed E-state index contributed by atoms with van der Waals surface area (Å²) in [7, 11) is 2.99. The van der Waals surface area contributed by atoms with E-state index in [1.165, 1.54) is 23.2 Å². The fourth-order valence-electron chi connectivity index (χ4n) is 3.93. The first-order valence-corrected chi connectivity index (χ1v) is 10.1. The smallest absolute Gasteiger partial charge is 0.370 e. The first-order chi connectivity index (χ1) is 15.1. The molecule has 0 aliphatic carbocycles. The monoisotopic (exact) mass is 446 g/mol. The van der Waals surface area contributed by atoms with Gasteiger partial charge in [-0.3, -0.25) is 14.4 Å². The highest BCUT2D eigenvalue weighted by Gasteiger charge is 2.30. The molecule has 0 spiro atoms. The molecular weight excluding hydrogens is 425 g/mol. The number of halogens is 3. The zero-order valence-electron chi connectivity index (χ0n) is 17.5. The number of aryl methyl sites for hydroxylation is 2. The second-order valence-electron chi connectivity index (χ2n) is 7.81. The predicted octanol–water partition coefficient (Wildman–Crippen LogP) is 3.11. The van der Waals surface area contributed by atoms with Gasteiger partial charge in [0, 0.05) is 32.7 Å². The van der Waals surface area contributed by atoms with Gasteiger partial charge in [0.05, 0.1) is 28.0 Å². The van der Waals surface area contributed by atoms with Gasteiger partial charge in [-0.2, -0.15) is 13.2 Å². The van der Waals surface area contributed by atoms with E-state index in [1.54, 1.807) is 12.1 Å². The van der Waals surface area contributed by atoms with Crippen LogP contribution >= 0.6 is 0 Å². The minimum absolute atomic E-state index is 0.0693. The highest BCUT2D eigenvalue weighted by Crippen LogP contribution is 2.33. The molecule has 1 N–H and O–H groups in total. The van der Waals surface area contributed by atoms with E-state index in [4.69, 9.17) is 0 Å². The van der Waals surface area contributed by atoms with E-state index >= 15 is 0 Å². The van der Waals surface area contributed by atoms with Crippen molar-refractivity contribution in [1.82, 2.24) is 9.13 Å². The molecule has 1 aliphatic rings. The Morgan fingerprint density at radius 1 is 0.906 bits per heavy atom. The number of nitrogens with one attached hydrogen (secondary N) is 1. The van der Waals surface area contributed by atoms with Gasteiger partial charge in [0.1, 0.15) is 0 Å². The van der Waals surface area contributed by atoms with Crippen molar-refractivity contribution in [1.29, 1.82) is 0 Å². The van der Waals surface area contributed by atoms with Crippen molar-refractivity contribution >= 4 is 28.3 Å². The van der Waals surface area contributed by atoms with E-state index in [9.17, 15) is 27.6 Å². The van der Waals surface area contributed by atoms with Crippen LogP contribution in [0.4, 0.5) is 24.5 Å². The first-order valence-electron chi connectivity index (χ1n) is 10.1. The maximum absolute atomic E-state index is 12.8. The third kappa shape index (κ3) is 3.76.